The van der Waals surface area contributed by atoms with Gasteiger partial charge in [0, 0.05) is 5.92 Å². The van der Waals surface area contributed by atoms with E-state index >= 15 is 0 Å². The molecule has 1 heterocycles. The molecular weight excluding hydrogens is 252 g/mol. The molecule has 0 radical (unpaired) electrons. The summed E-state index contributed by atoms with van der Waals surface area (Å²) in [6.45, 7) is 5.71. The van der Waals surface area contributed by atoms with Crippen LogP contribution in [0.1, 0.15) is 33.6 Å². The lowest BCUT2D eigenvalue weighted by Gasteiger charge is -2.27. The van der Waals surface area contributed by atoms with Crippen LogP contribution in [-0.2, 0) is 14.7 Å². The molecule has 2 N–H and O–H groups in total. The van der Waals surface area contributed by atoms with Gasteiger partial charge in [0.2, 0.25) is 5.88 Å². The summed E-state index contributed by atoms with van der Waals surface area (Å²) in [5.41, 5.74) is 6.34. The molecule has 1 saturated heterocycles. The Labute approximate surface area is 109 Å². The molecule has 6 heteroatoms. The third-order valence-corrected chi connectivity index (χ3v) is 5.26. The number of hydrogen-bond acceptors (Lipinski definition) is 5. The number of nitrogens with two attached hydrogens (primary N) is 1. The lowest BCUT2D eigenvalue weighted by atomic mass is 9.86. The SMILES string of the molecule is C/C=C(/N)O/N=C(\C)C(C)C1CCS(=O)(=O)CC1. The van der Waals surface area contributed by atoms with Crippen LogP contribution in [0, 0.1) is 11.8 Å². The van der Waals surface area contributed by atoms with Crippen LogP contribution in [0.3, 0.4) is 0 Å². The lowest BCUT2D eigenvalue weighted by molar-refractivity contribution is 0.219. The van der Waals surface area contributed by atoms with Crippen molar-refractivity contribution in [3.8, 4) is 0 Å². The molecule has 1 rings (SSSR count). The van der Waals surface area contributed by atoms with Crippen molar-refractivity contribution in [3.05, 3.63) is 12.0 Å². The van der Waals surface area contributed by atoms with E-state index in [1.54, 1.807) is 13.0 Å². The molecular formula is C12H22N2O3S. The van der Waals surface area contributed by atoms with Crippen molar-refractivity contribution in [3.63, 3.8) is 0 Å². The highest BCUT2D eigenvalue weighted by atomic mass is 32.2. The number of rotatable bonds is 4. The number of allylic oxidation sites excluding steroid dienone is 1. The van der Waals surface area contributed by atoms with Crippen molar-refractivity contribution < 1.29 is 13.3 Å². The molecule has 0 spiro atoms. The summed E-state index contributed by atoms with van der Waals surface area (Å²) in [4.78, 5) is 5.01. The van der Waals surface area contributed by atoms with Crippen LogP contribution in [0.5, 0.6) is 0 Å². The van der Waals surface area contributed by atoms with Crippen LogP contribution in [0.15, 0.2) is 17.1 Å². The molecule has 0 aliphatic carbocycles. The van der Waals surface area contributed by atoms with Gasteiger partial charge < -0.3 is 10.6 Å². The average molecular weight is 274 g/mol. The number of sulfone groups is 1. The van der Waals surface area contributed by atoms with Gasteiger partial charge in [-0.25, -0.2) is 8.42 Å². The van der Waals surface area contributed by atoms with Crippen LogP contribution < -0.4 is 5.73 Å². The predicted molar refractivity (Wildman–Crippen MR) is 72.7 cm³/mol. The van der Waals surface area contributed by atoms with Gasteiger partial charge in [-0.05, 0) is 38.7 Å². The van der Waals surface area contributed by atoms with Crippen LogP contribution in [0.25, 0.3) is 0 Å². The Bertz CT molecular complexity index is 426. The first kappa shape index (κ1) is 15.0. The zero-order valence-electron chi connectivity index (χ0n) is 11.2. The second kappa shape index (κ2) is 6.22. The summed E-state index contributed by atoms with van der Waals surface area (Å²) in [5.74, 6) is 1.41. The third kappa shape index (κ3) is 4.33. The molecule has 1 atom stereocenters. The topological polar surface area (TPSA) is 81.8 Å². The van der Waals surface area contributed by atoms with Gasteiger partial charge in [0.1, 0.15) is 9.84 Å². The summed E-state index contributed by atoms with van der Waals surface area (Å²) < 4.78 is 22.7. The molecule has 1 aliphatic heterocycles. The van der Waals surface area contributed by atoms with Crippen molar-refractivity contribution in [2.45, 2.75) is 33.6 Å². The van der Waals surface area contributed by atoms with E-state index in [1.165, 1.54) is 0 Å². The number of nitrogens with zero attached hydrogens (tertiary/aromatic N) is 1. The van der Waals surface area contributed by atoms with Crippen molar-refractivity contribution >= 4 is 15.5 Å². The van der Waals surface area contributed by atoms with Crippen molar-refractivity contribution in [1.29, 1.82) is 0 Å². The van der Waals surface area contributed by atoms with Gasteiger partial charge in [0.15, 0.2) is 0 Å². The monoisotopic (exact) mass is 274 g/mol. The zero-order valence-corrected chi connectivity index (χ0v) is 12.0. The first-order valence-electron chi connectivity index (χ1n) is 6.19. The quantitative estimate of drug-likeness (QED) is 0.480. The summed E-state index contributed by atoms with van der Waals surface area (Å²) in [7, 11) is -2.80. The lowest BCUT2D eigenvalue weighted by Crippen LogP contribution is -2.29. The smallest absolute Gasteiger partial charge is 0.216 e. The molecule has 0 aromatic rings. The van der Waals surface area contributed by atoms with E-state index in [0.717, 1.165) is 5.71 Å². The van der Waals surface area contributed by atoms with Crippen molar-refractivity contribution in [2.75, 3.05) is 11.5 Å². The van der Waals surface area contributed by atoms with Gasteiger partial charge in [-0.3, -0.25) is 0 Å². The van der Waals surface area contributed by atoms with E-state index in [1.807, 2.05) is 6.92 Å². The standard InChI is InChI=1S/C12H22N2O3S/c1-4-12(13)17-14-10(3)9(2)11-5-7-18(15,16)8-6-11/h4,9,11H,5-8,13H2,1-3H3/b12-4-,14-10+. The van der Waals surface area contributed by atoms with Crippen LogP contribution in [-0.4, -0.2) is 25.6 Å². The van der Waals surface area contributed by atoms with E-state index in [-0.39, 0.29) is 23.3 Å². The number of oxime groups is 1. The molecule has 0 bridgehead atoms. The molecule has 0 saturated carbocycles. The van der Waals surface area contributed by atoms with Gasteiger partial charge in [0.25, 0.3) is 0 Å². The molecule has 104 valence electrons. The fourth-order valence-electron chi connectivity index (χ4n) is 2.01. The molecule has 18 heavy (non-hydrogen) atoms. The van der Waals surface area contributed by atoms with Crippen LogP contribution >= 0.6 is 0 Å². The molecule has 1 aliphatic rings. The normalized spacial score (nSPS) is 23.7. The van der Waals surface area contributed by atoms with Crippen molar-refractivity contribution in [1.82, 2.24) is 0 Å². The van der Waals surface area contributed by atoms with E-state index in [4.69, 9.17) is 10.6 Å². The molecule has 1 unspecified atom stereocenters. The highest BCUT2D eigenvalue weighted by molar-refractivity contribution is 7.91. The van der Waals surface area contributed by atoms with E-state index in [9.17, 15) is 8.42 Å². The fraction of sp³-hybridized carbons (Fsp3) is 0.750. The van der Waals surface area contributed by atoms with Gasteiger partial charge in [-0.2, -0.15) is 0 Å². The minimum Gasteiger partial charge on any atom is -0.368 e. The zero-order chi connectivity index (χ0) is 13.8. The largest absolute Gasteiger partial charge is 0.368 e. The molecule has 5 nitrogen and oxygen atoms in total. The van der Waals surface area contributed by atoms with Crippen LogP contribution in [0.2, 0.25) is 0 Å². The Morgan fingerprint density at radius 2 is 2.00 bits per heavy atom. The predicted octanol–water partition coefficient (Wildman–Crippen LogP) is 1.66. The minimum absolute atomic E-state index is 0.213. The first-order chi connectivity index (χ1) is 8.35. The summed E-state index contributed by atoms with van der Waals surface area (Å²) >= 11 is 0. The second-order valence-electron chi connectivity index (χ2n) is 4.79. The first-order valence-corrected chi connectivity index (χ1v) is 8.01. The third-order valence-electron chi connectivity index (χ3n) is 3.54. The van der Waals surface area contributed by atoms with Gasteiger partial charge >= 0.3 is 0 Å². The minimum atomic E-state index is -2.80. The Kier molecular flexibility index (Phi) is 5.19. The molecule has 0 aromatic carbocycles. The van der Waals surface area contributed by atoms with Crippen LogP contribution in [0.4, 0.5) is 0 Å². The second-order valence-corrected chi connectivity index (χ2v) is 7.10. The maximum absolute atomic E-state index is 11.4. The maximum atomic E-state index is 11.4. The summed E-state index contributed by atoms with van der Waals surface area (Å²) in [5, 5.41) is 3.98. The van der Waals surface area contributed by atoms with E-state index in [0.29, 0.717) is 18.8 Å². The maximum Gasteiger partial charge on any atom is 0.216 e. The fourth-order valence-corrected chi connectivity index (χ4v) is 3.54. The van der Waals surface area contributed by atoms with Crippen molar-refractivity contribution in [2.24, 2.45) is 22.7 Å². The van der Waals surface area contributed by atoms with Gasteiger partial charge in [-0.15, -0.1) is 0 Å². The van der Waals surface area contributed by atoms with Gasteiger partial charge in [-0.1, -0.05) is 12.1 Å². The Balaban J connectivity index is 2.57. The van der Waals surface area contributed by atoms with Gasteiger partial charge in [0.05, 0.1) is 17.2 Å². The highest BCUT2D eigenvalue weighted by Gasteiger charge is 2.28. The highest BCUT2D eigenvalue weighted by Crippen LogP contribution is 2.27. The Morgan fingerprint density at radius 1 is 1.44 bits per heavy atom. The summed E-state index contributed by atoms with van der Waals surface area (Å²) in [6, 6.07) is 0. The molecule has 0 amide bonds. The van der Waals surface area contributed by atoms with E-state index in [2.05, 4.69) is 12.1 Å². The average Bonchev–Trinajstić information content (AvgIpc) is 2.34. The molecule has 0 aromatic heterocycles. The number of hydrogen-bond donors (Lipinski definition) is 1. The Morgan fingerprint density at radius 3 is 2.50 bits per heavy atom. The molecule has 1 fully saturated rings. The summed E-state index contributed by atoms with van der Waals surface area (Å²) in [6.07, 6.45) is 3.04. The Hall–Kier alpha value is -1.04. The van der Waals surface area contributed by atoms with E-state index < -0.39 is 9.84 Å².